The first kappa shape index (κ1) is 15.6. The molecule has 1 atom stereocenters. The summed E-state index contributed by atoms with van der Waals surface area (Å²) in [7, 11) is 0. The van der Waals surface area contributed by atoms with Gasteiger partial charge in [-0.1, -0.05) is 25.7 Å². The molecule has 0 radical (unpaired) electrons. The van der Waals surface area contributed by atoms with E-state index >= 15 is 0 Å². The molecule has 0 aliphatic heterocycles. The Labute approximate surface area is 124 Å². The number of aromatic nitrogens is 2. The van der Waals surface area contributed by atoms with Crippen molar-refractivity contribution in [1.29, 1.82) is 0 Å². The Bertz CT molecular complexity index is 416. The maximum atomic E-state index is 4.62. The summed E-state index contributed by atoms with van der Waals surface area (Å²) in [5, 5.41) is 8.31. The third kappa shape index (κ3) is 3.63. The van der Waals surface area contributed by atoms with Gasteiger partial charge in [-0.15, -0.1) is 0 Å². The van der Waals surface area contributed by atoms with Gasteiger partial charge in [-0.3, -0.25) is 4.68 Å². The first-order valence-electron chi connectivity index (χ1n) is 8.40. The highest BCUT2D eigenvalue weighted by atomic mass is 15.3. The van der Waals surface area contributed by atoms with Gasteiger partial charge < -0.3 is 5.32 Å². The van der Waals surface area contributed by atoms with E-state index in [2.05, 4.69) is 42.8 Å². The van der Waals surface area contributed by atoms with Crippen LogP contribution in [0.25, 0.3) is 0 Å². The largest absolute Gasteiger partial charge is 0.310 e. The second-order valence-electron chi connectivity index (χ2n) is 6.37. The zero-order valence-corrected chi connectivity index (χ0v) is 13.7. The van der Waals surface area contributed by atoms with E-state index in [4.69, 9.17) is 0 Å². The summed E-state index contributed by atoms with van der Waals surface area (Å²) >= 11 is 0. The molecule has 0 bridgehead atoms. The van der Waals surface area contributed by atoms with Crippen LogP contribution in [-0.4, -0.2) is 16.3 Å². The van der Waals surface area contributed by atoms with Crippen molar-refractivity contribution in [1.82, 2.24) is 15.1 Å². The van der Waals surface area contributed by atoms with Crippen molar-refractivity contribution in [2.45, 2.75) is 78.8 Å². The number of nitrogens with one attached hydrogen (secondary N) is 1. The van der Waals surface area contributed by atoms with Gasteiger partial charge in [-0.2, -0.15) is 5.10 Å². The highest BCUT2D eigenvalue weighted by Gasteiger charge is 2.17. The molecule has 114 valence electrons. The summed E-state index contributed by atoms with van der Waals surface area (Å²) in [6.45, 7) is 10.8. The molecule has 1 aromatic heterocycles. The van der Waals surface area contributed by atoms with Crippen molar-refractivity contribution in [3.05, 3.63) is 17.0 Å². The van der Waals surface area contributed by atoms with Gasteiger partial charge in [0.1, 0.15) is 0 Å². The van der Waals surface area contributed by atoms with Gasteiger partial charge in [0.25, 0.3) is 0 Å². The Hall–Kier alpha value is -0.830. The molecular weight excluding hydrogens is 246 g/mol. The molecule has 1 aliphatic rings. The first-order chi connectivity index (χ1) is 9.63. The summed E-state index contributed by atoms with van der Waals surface area (Å²) in [5.41, 5.74) is 3.90. The van der Waals surface area contributed by atoms with Crippen LogP contribution >= 0.6 is 0 Å². The average molecular weight is 277 g/mol. The van der Waals surface area contributed by atoms with E-state index in [9.17, 15) is 0 Å². The van der Waals surface area contributed by atoms with E-state index in [-0.39, 0.29) is 0 Å². The topological polar surface area (TPSA) is 29.9 Å². The van der Waals surface area contributed by atoms with Crippen LogP contribution in [-0.2, 0) is 6.54 Å². The molecule has 0 amide bonds. The van der Waals surface area contributed by atoms with Crippen molar-refractivity contribution in [3.8, 4) is 0 Å². The minimum atomic E-state index is 0.416. The number of rotatable bonds is 7. The molecule has 0 spiro atoms. The van der Waals surface area contributed by atoms with E-state index < -0.39 is 0 Å². The Morgan fingerprint density at radius 1 is 1.30 bits per heavy atom. The lowest BCUT2D eigenvalue weighted by Crippen LogP contribution is -2.21. The fourth-order valence-corrected chi connectivity index (χ4v) is 3.76. The monoisotopic (exact) mass is 277 g/mol. The van der Waals surface area contributed by atoms with Crippen molar-refractivity contribution in [2.75, 3.05) is 6.54 Å². The summed E-state index contributed by atoms with van der Waals surface area (Å²) < 4.78 is 2.11. The van der Waals surface area contributed by atoms with Crippen LogP contribution in [0.3, 0.4) is 0 Å². The molecule has 3 heteroatoms. The zero-order valence-electron chi connectivity index (χ0n) is 13.7. The molecule has 1 unspecified atom stereocenters. The molecule has 0 saturated heterocycles. The fourth-order valence-electron chi connectivity index (χ4n) is 3.76. The van der Waals surface area contributed by atoms with Crippen molar-refractivity contribution in [2.24, 2.45) is 5.92 Å². The highest BCUT2D eigenvalue weighted by molar-refractivity contribution is 5.27. The lowest BCUT2D eigenvalue weighted by molar-refractivity contribution is 0.455. The maximum absolute atomic E-state index is 4.62. The molecule has 1 N–H and O–H groups in total. The Kier molecular flexibility index (Phi) is 5.64. The minimum absolute atomic E-state index is 0.416. The van der Waals surface area contributed by atoms with Crippen LogP contribution in [0.2, 0.25) is 0 Å². The smallest absolute Gasteiger partial charge is 0.0644 e. The molecule has 2 rings (SSSR count). The van der Waals surface area contributed by atoms with Gasteiger partial charge in [0, 0.05) is 23.8 Å². The van der Waals surface area contributed by atoms with E-state index in [0.29, 0.717) is 6.04 Å². The van der Waals surface area contributed by atoms with Crippen LogP contribution in [0.5, 0.6) is 0 Å². The molecule has 1 fully saturated rings. The minimum Gasteiger partial charge on any atom is -0.310 e. The molecule has 0 aromatic carbocycles. The van der Waals surface area contributed by atoms with Gasteiger partial charge in [0.15, 0.2) is 0 Å². The highest BCUT2D eigenvalue weighted by Crippen LogP contribution is 2.28. The third-order valence-electron chi connectivity index (χ3n) is 4.88. The Morgan fingerprint density at radius 3 is 2.60 bits per heavy atom. The SMILES string of the molecule is CCn1nc(C)c(C(C)NCCCC2CCCC2)c1C. The molecule has 3 nitrogen and oxygen atoms in total. The van der Waals surface area contributed by atoms with E-state index in [0.717, 1.165) is 19.0 Å². The second kappa shape index (κ2) is 7.26. The quantitative estimate of drug-likeness (QED) is 0.759. The fraction of sp³-hybridized carbons (Fsp3) is 0.824. The van der Waals surface area contributed by atoms with Gasteiger partial charge in [0.05, 0.1) is 5.69 Å². The van der Waals surface area contributed by atoms with Crippen LogP contribution in [0.15, 0.2) is 0 Å². The molecule has 1 saturated carbocycles. The number of nitrogens with zero attached hydrogens (tertiary/aromatic N) is 2. The predicted molar refractivity (Wildman–Crippen MR) is 85.0 cm³/mol. The van der Waals surface area contributed by atoms with Crippen molar-refractivity contribution >= 4 is 0 Å². The third-order valence-corrected chi connectivity index (χ3v) is 4.88. The Balaban J connectivity index is 1.79. The zero-order chi connectivity index (χ0) is 14.5. The van der Waals surface area contributed by atoms with Crippen molar-refractivity contribution in [3.63, 3.8) is 0 Å². The summed E-state index contributed by atoms with van der Waals surface area (Å²) in [4.78, 5) is 0. The summed E-state index contributed by atoms with van der Waals surface area (Å²) in [6.07, 6.45) is 8.58. The Morgan fingerprint density at radius 2 is 2.00 bits per heavy atom. The van der Waals surface area contributed by atoms with Crippen LogP contribution in [0.4, 0.5) is 0 Å². The normalized spacial score (nSPS) is 17.8. The molecule has 1 aromatic rings. The van der Waals surface area contributed by atoms with E-state index in [1.165, 1.54) is 55.5 Å². The van der Waals surface area contributed by atoms with Crippen LogP contribution < -0.4 is 5.32 Å². The molecule has 1 aliphatic carbocycles. The summed E-state index contributed by atoms with van der Waals surface area (Å²) in [5.74, 6) is 1.01. The van der Waals surface area contributed by atoms with Gasteiger partial charge >= 0.3 is 0 Å². The number of hydrogen-bond acceptors (Lipinski definition) is 2. The first-order valence-corrected chi connectivity index (χ1v) is 8.40. The number of aryl methyl sites for hydroxylation is 2. The second-order valence-corrected chi connectivity index (χ2v) is 6.37. The lowest BCUT2D eigenvalue weighted by atomic mass is 10.0. The maximum Gasteiger partial charge on any atom is 0.0644 e. The van der Waals surface area contributed by atoms with Gasteiger partial charge in [0.2, 0.25) is 0 Å². The van der Waals surface area contributed by atoms with Gasteiger partial charge in [-0.25, -0.2) is 0 Å². The average Bonchev–Trinajstić information content (AvgIpc) is 3.02. The van der Waals surface area contributed by atoms with E-state index in [1.807, 2.05) is 0 Å². The van der Waals surface area contributed by atoms with E-state index in [1.54, 1.807) is 0 Å². The molecule has 20 heavy (non-hydrogen) atoms. The van der Waals surface area contributed by atoms with Crippen LogP contribution in [0, 0.1) is 19.8 Å². The standard InChI is InChI=1S/C17H31N3/c1-5-20-15(4)17(14(3)19-20)13(2)18-12-8-11-16-9-6-7-10-16/h13,16,18H,5-12H2,1-4H3. The predicted octanol–water partition coefficient (Wildman–Crippen LogP) is 4.14. The van der Waals surface area contributed by atoms with Crippen molar-refractivity contribution < 1.29 is 0 Å². The van der Waals surface area contributed by atoms with Gasteiger partial charge in [-0.05, 0) is 53.0 Å². The lowest BCUT2D eigenvalue weighted by Gasteiger charge is -2.16. The summed E-state index contributed by atoms with van der Waals surface area (Å²) in [6, 6.07) is 0.416. The van der Waals surface area contributed by atoms with Crippen LogP contribution in [0.1, 0.15) is 75.4 Å². The molecular formula is C17H31N3. The number of hydrogen-bond donors (Lipinski definition) is 1. The molecule has 1 heterocycles.